The third-order valence-corrected chi connectivity index (χ3v) is 3.83. The number of H-pyrrole nitrogens is 1. The Morgan fingerprint density at radius 3 is 2.39 bits per heavy atom. The van der Waals surface area contributed by atoms with E-state index in [1.54, 1.807) is 26.0 Å². The first-order valence-electron chi connectivity index (χ1n) is 5.28. The quantitative estimate of drug-likeness (QED) is 0.731. The molecule has 0 bridgehead atoms. The van der Waals surface area contributed by atoms with Crippen molar-refractivity contribution < 1.29 is 8.42 Å². The molecule has 0 radical (unpaired) electrons. The van der Waals surface area contributed by atoms with Gasteiger partial charge >= 0.3 is 0 Å². The van der Waals surface area contributed by atoms with Crippen molar-refractivity contribution in [3.8, 4) is 0 Å². The van der Waals surface area contributed by atoms with Gasteiger partial charge in [0.2, 0.25) is 0 Å². The Kier molecular flexibility index (Phi) is 3.00. The molecule has 7 heteroatoms. The second kappa shape index (κ2) is 4.34. The van der Waals surface area contributed by atoms with Crippen LogP contribution in [0.15, 0.2) is 29.7 Å². The van der Waals surface area contributed by atoms with Crippen LogP contribution in [0.4, 0.5) is 11.4 Å². The molecule has 6 nitrogen and oxygen atoms in total. The highest BCUT2D eigenvalue weighted by molar-refractivity contribution is 7.92. The average molecular weight is 266 g/mol. The first-order valence-corrected chi connectivity index (χ1v) is 6.76. The number of nitrogens with one attached hydrogen (secondary N) is 2. The maximum atomic E-state index is 12.0. The van der Waals surface area contributed by atoms with E-state index in [0.29, 0.717) is 11.4 Å². The van der Waals surface area contributed by atoms with Crippen molar-refractivity contribution in [3.05, 3.63) is 35.8 Å². The molecule has 0 atom stereocenters. The Hall–Kier alpha value is -2.02. The van der Waals surface area contributed by atoms with Gasteiger partial charge in [-0.05, 0) is 37.1 Å². The van der Waals surface area contributed by atoms with Crippen LogP contribution in [0.5, 0.6) is 0 Å². The first-order chi connectivity index (χ1) is 8.40. The van der Waals surface area contributed by atoms with Crippen molar-refractivity contribution >= 4 is 21.4 Å². The molecule has 1 heterocycles. The number of nitrogens with two attached hydrogens (primary N) is 1. The minimum Gasteiger partial charge on any atom is -0.399 e. The van der Waals surface area contributed by atoms with Crippen LogP contribution in [-0.4, -0.2) is 18.4 Å². The summed E-state index contributed by atoms with van der Waals surface area (Å²) in [4.78, 5) is 6.26. The SMILES string of the molecule is Cc1cc(N)cc(C)c1NS(=O)(=O)c1cnc[nH]1. The minimum absolute atomic E-state index is 0.0260. The molecule has 2 rings (SSSR count). The Bertz CT molecular complexity index is 639. The van der Waals surface area contributed by atoms with E-state index >= 15 is 0 Å². The summed E-state index contributed by atoms with van der Waals surface area (Å²) in [7, 11) is -3.64. The normalized spacial score (nSPS) is 11.4. The lowest BCUT2D eigenvalue weighted by atomic mass is 10.1. The monoisotopic (exact) mass is 266 g/mol. The standard InChI is InChI=1S/C11H14N4O2S/c1-7-3-9(12)4-8(2)11(7)15-18(16,17)10-5-13-6-14-10/h3-6,15H,12H2,1-2H3,(H,13,14). The van der Waals surface area contributed by atoms with E-state index in [1.165, 1.54) is 12.5 Å². The van der Waals surface area contributed by atoms with Crippen molar-refractivity contribution in [1.82, 2.24) is 9.97 Å². The highest BCUT2D eigenvalue weighted by Crippen LogP contribution is 2.25. The molecular weight excluding hydrogens is 252 g/mol. The Morgan fingerprint density at radius 2 is 1.89 bits per heavy atom. The summed E-state index contributed by atoms with van der Waals surface area (Å²) in [5.74, 6) is 0. The smallest absolute Gasteiger partial charge is 0.278 e. The molecule has 1 aromatic carbocycles. The summed E-state index contributed by atoms with van der Waals surface area (Å²) in [6, 6.07) is 3.44. The number of aryl methyl sites for hydroxylation is 2. The molecule has 0 unspecified atom stereocenters. The number of rotatable bonds is 3. The zero-order valence-electron chi connectivity index (χ0n) is 10.1. The number of imidazole rings is 1. The van der Waals surface area contributed by atoms with E-state index < -0.39 is 10.0 Å². The van der Waals surface area contributed by atoms with Gasteiger partial charge in [-0.15, -0.1) is 0 Å². The van der Waals surface area contributed by atoms with Gasteiger partial charge < -0.3 is 10.7 Å². The van der Waals surface area contributed by atoms with Gasteiger partial charge in [0.15, 0.2) is 5.03 Å². The molecule has 0 spiro atoms. The van der Waals surface area contributed by atoms with Crippen LogP contribution in [0, 0.1) is 13.8 Å². The summed E-state index contributed by atoms with van der Waals surface area (Å²) in [5, 5.41) is 0.0260. The fourth-order valence-corrected chi connectivity index (χ4v) is 2.85. The maximum absolute atomic E-state index is 12.0. The second-order valence-electron chi connectivity index (χ2n) is 4.05. The van der Waals surface area contributed by atoms with Crippen LogP contribution in [-0.2, 0) is 10.0 Å². The summed E-state index contributed by atoms with van der Waals surface area (Å²) in [5.41, 5.74) is 8.39. The van der Waals surface area contributed by atoms with Crippen LogP contribution in [0.2, 0.25) is 0 Å². The molecule has 0 aliphatic carbocycles. The predicted octanol–water partition coefficient (Wildman–Crippen LogP) is 1.41. The first kappa shape index (κ1) is 12.4. The zero-order chi connectivity index (χ0) is 13.3. The average Bonchev–Trinajstić information content (AvgIpc) is 2.77. The van der Waals surface area contributed by atoms with Gasteiger partial charge in [-0.3, -0.25) is 4.72 Å². The topological polar surface area (TPSA) is 101 Å². The second-order valence-corrected chi connectivity index (χ2v) is 5.70. The van der Waals surface area contributed by atoms with Gasteiger partial charge in [-0.25, -0.2) is 4.98 Å². The number of anilines is 2. The fraction of sp³-hybridized carbons (Fsp3) is 0.182. The summed E-state index contributed by atoms with van der Waals surface area (Å²) in [6.07, 6.45) is 2.57. The molecule has 0 saturated carbocycles. The molecular formula is C11H14N4O2S. The lowest BCUT2D eigenvalue weighted by Crippen LogP contribution is -2.15. The van der Waals surface area contributed by atoms with Crippen molar-refractivity contribution in [2.75, 3.05) is 10.5 Å². The number of aromatic amines is 1. The molecule has 1 aromatic heterocycles. The van der Waals surface area contributed by atoms with Crippen molar-refractivity contribution in [2.45, 2.75) is 18.9 Å². The van der Waals surface area contributed by atoms with Crippen molar-refractivity contribution in [3.63, 3.8) is 0 Å². The molecule has 18 heavy (non-hydrogen) atoms. The number of nitrogen functional groups attached to an aromatic ring is 1. The van der Waals surface area contributed by atoms with Gasteiger partial charge in [0.05, 0.1) is 18.2 Å². The van der Waals surface area contributed by atoms with Crippen LogP contribution >= 0.6 is 0 Å². The van der Waals surface area contributed by atoms with Gasteiger partial charge in [0, 0.05) is 5.69 Å². The number of hydrogen-bond donors (Lipinski definition) is 3. The van der Waals surface area contributed by atoms with Crippen LogP contribution in [0.1, 0.15) is 11.1 Å². The number of nitrogens with zero attached hydrogens (tertiary/aromatic N) is 1. The van der Waals surface area contributed by atoms with E-state index in [9.17, 15) is 8.42 Å². The van der Waals surface area contributed by atoms with Gasteiger partial charge in [0.1, 0.15) is 0 Å². The molecule has 4 N–H and O–H groups in total. The largest absolute Gasteiger partial charge is 0.399 e. The third kappa shape index (κ3) is 2.30. The highest BCUT2D eigenvalue weighted by Gasteiger charge is 2.17. The minimum atomic E-state index is -3.64. The molecule has 0 saturated heterocycles. The van der Waals surface area contributed by atoms with Crippen molar-refractivity contribution in [1.29, 1.82) is 0 Å². The van der Waals surface area contributed by atoms with Crippen LogP contribution < -0.4 is 10.5 Å². The van der Waals surface area contributed by atoms with E-state index in [0.717, 1.165) is 11.1 Å². The Balaban J connectivity index is 2.42. The fourth-order valence-electron chi connectivity index (χ4n) is 1.74. The van der Waals surface area contributed by atoms with Gasteiger partial charge in [-0.2, -0.15) is 8.42 Å². The lowest BCUT2D eigenvalue weighted by Gasteiger charge is -2.13. The molecule has 2 aromatic rings. The van der Waals surface area contributed by atoms with Crippen LogP contribution in [0.25, 0.3) is 0 Å². The van der Waals surface area contributed by atoms with Gasteiger partial charge in [0.25, 0.3) is 10.0 Å². The Labute approximate surface area is 105 Å². The zero-order valence-corrected chi connectivity index (χ0v) is 10.9. The predicted molar refractivity (Wildman–Crippen MR) is 69.7 cm³/mol. The lowest BCUT2D eigenvalue weighted by molar-refractivity contribution is 0.598. The van der Waals surface area contributed by atoms with E-state index in [-0.39, 0.29) is 5.03 Å². The van der Waals surface area contributed by atoms with E-state index in [2.05, 4.69) is 14.7 Å². The maximum Gasteiger partial charge on any atom is 0.278 e. The van der Waals surface area contributed by atoms with Crippen molar-refractivity contribution in [2.24, 2.45) is 0 Å². The van der Waals surface area contributed by atoms with E-state index in [1.807, 2.05) is 0 Å². The molecule has 0 aliphatic rings. The number of aromatic nitrogens is 2. The van der Waals surface area contributed by atoms with Gasteiger partial charge in [-0.1, -0.05) is 0 Å². The third-order valence-electron chi connectivity index (χ3n) is 2.55. The summed E-state index contributed by atoms with van der Waals surface area (Å²) in [6.45, 7) is 3.60. The van der Waals surface area contributed by atoms with Crippen LogP contribution in [0.3, 0.4) is 0 Å². The van der Waals surface area contributed by atoms with E-state index in [4.69, 9.17) is 5.73 Å². The molecule has 0 fully saturated rings. The molecule has 0 amide bonds. The highest BCUT2D eigenvalue weighted by atomic mass is 32.2. The molecule has 96 valence electrons. The number of benzene rings is 1. The Morgan fingerprint density at radius 1 is 1.28 bits per heavy atom. The number of hydrogen-bond acceptors (Lipinski definition) is 4. The number of sulfonamides is 1. The molecule has 0 aliphatic heterocycles. The summed E-state index contributed by atoms with van der Waals surface area (Å²) >= 11 is 0. The summed E-state index contributed by atoms with van der Waals surface area (Å²) < 4.78 is 26.6.